The predicted molar refractivity (Wildman–Crippen MR) is 115 cm³/mol. The Morgan fingerprint density at radius 2 is 1.80 bits per heavy atom. The molecule has 0 bridgehead atoms. The number of amides is 2. The lowest BCUT2D eigenvalue weighted by Crippen LogP contribution is -2.52. The smallest absolute Gasteiger partial charge is 0.247 e. The number of benzene rings is 1. The fourth-order valence-corrected chi connectivity index (χ4v) is 3.73. The van der Waals surface area contributed by atoms with Gasteiger partial charge in [-0.1, -0.05) is 56.3 Å². The Labute approximate surface area is 178 Å². The Bertz CT molecular complexity index is 812. The Hall–Kier alpha value is -2.27. The third-order valence-corrected chi connectivity index (χ3v) is 5.54. The number of nitrogens with two attached hydrogens (primary N) is 1. The van der Waals surface area contributed by atoms with E-state index < -0.39 is 33.7 Å². The minimum Gasteiger partial charge on any atom is -0.329 e. The molecule has 30 heavy (non-hydrogen) atoms. The van der Waals surface area contributed by atoms with Crippen LogP contribution < -0.4 is 16.6 Å². The van der Waals surface area contributed by atoms with Gasteiger partial charge in [-0.3, -0.25) is 20.2 Å². The molecule has 0 aromatic heterocycles. The van der Waals surface area contributed by atoms with E-state index in [1.807, 2.05) is 50.3 Å². The molecule has 0 unspecified atom stereocenters. The molecule has 0 spiro atoms. The highest BCUT2D eigenvalue weighted by Gasteiger charge is 2.35. The standard InChI is InChI=1S/C20H32N4O5S/c1-15(2)14-18(19(25)22-24(13-12-21)30(3,28)29)17(20(26)23-27)11-7-10-16-8-5-4-6-9-16/h4-10,15,17-18,27H,11-14,21H2,1-3H3,(H,22,25)(H,23,26)/b10-7+/t17-,18+/m0/s1. The molecule has 0 fully saturated rings. The molecule has 2 amide bonds. The summed E-state index contributed by atoms with van der Waals surface area (Å²) in [4.78, 5) is 25.3. The van der Waals surface area contributed by atoms with Crippen LogP contribution in [0.4, 0.5) is 0 Å². The zero-order valence-electron chi connectivity index (χ0n) is 17.6. The Kier molecular flexibility index (Phi) is 10.7. The van der Waals surface area contributed by atoms with Crippen LogP contribution in [-0.4, -0.2) is 49.2 Å². The molecule has 0 saturated carbocycles. The van der Waals surface area contributed by atoms with Crippen molar-refractivity contribution in [1.29, 1.82) is 0 Å². The van der Waals surface area contributed by atoms with E-state index in [4.69, 9.17) is 5.73 Å². The summed E-state index contributed by atoms with van der Waals surface area (Å²) in [7, 11) is -3.73. The lowest BCUT2D eigenvalue weighted by molar-refractivity contribution is -0.141. The van der Waals surface area contributed by atoms with Gasteiger partial charge in [0.1, 0.15) is 0 Å². The van der Waals surface area contributed by atoms with Crippen LogP contribution in [0, 0.1) is 17.8 Å². The SMILES string of the molecule is CC(C)C[C@@H](C(=O)NN(CCN)S(C)(=O)=O)[C@H](C/C=C/c1ccccc1)C(=O)NO. The Morgan fingerprint density at radius 1 is 1.17 bits per heavy atom. The van der Waals surface area contributed by atoms with Crippen LogP contribution in [0.1, 0.15) is 32.3 Å². The maximum absolute atomic E-state index is 13.0. The highest BCUT2D eigenvalue weighted by atomic mass is 32.2. The van der Waals surface area contributed by atoms with E-state index >= 15 is 0 Å². The van der Waals surface area contributed by atoms with Crippen LogP contribution >= 0.6 is 0 Å². The zero-order valence-corrected chi connectivity index (χ0v) is 18.4. The van der Waals surface area contributed by atoms with Crippen molar-refractivity contribution in [3.8, 4) is 0 Å². The number of allylic oxidation sites excluding steroid dienone is 1. The highest BCUT2D eigenvalue weighted by molar-refractivity contribution is 7.88. The maximum atomic E-state index is 13.0. The van der Waals surface area contributed by atoms with E-state index in [-0.39, 0.29) is 25.4 Å². The van der Waals surface area contributed by atoms with Crippen molar-refractivity contribution in [3.63, 3.8) is 0 Å². The Morgan fingerprint density at radius 3 is 2.30 bits per heavy atom. The molecule has 0 aliphatic heterocycles. The molecule has 0 aliphatic carbocycles. The number of nitrogens with zero attached hydrogens (tertiary/aromatic N) is 1. The van der Waals surface area contributed by atoms with E-state index in [2.05, 4.69) is 5.43 Å². The van der Waals surface area contributed by atoms with Gasteiger partial charge in [0, 0.05) is 13.1 Å². The zero-order chi connectivity index (χ0) is 22.7. The van der Waals surface area contributed by atoms with Crippen LogP contribution in [0.5, 0.6) is 0 Å². The second kappa shape index (κ2) is 12.4. The van der Waals surface area contributed by atoms with Crippen LogP contribution in [0.15, 0.2) is 36.4 Å². The number of nitrogens with one attached hydrogen (secondary N) is 2. The summed E-state index contributed by atoms with van der Waals surface area (Å²) in [5.74, 6) is -3.03. The van der Waals surface area contributed by atoms with E-state index in [0.717, 1.165) is 16.2 Å². The van der Waals surface area contributed by atoms with Gasteiger partial charge in [-0.2, -0.15) is 0 Å². The quantitative estimate of drug-likeness (QED) is 0.283. The number of sulfonamides is 1. The first-order valence-corrected chi connectivity index (χ1v) is 11.6. The van der Waals surface area contributed by atoms with Crippen LogP contribution in [0.2, 0.25) is 0 Å². The van der Waals surface area contributed by atoms with Gasteiger partial charge in [-0.15, -0.1) is 4.41 Å². The Balaban J connectivity index is 3.11. The van der Waals surface area contributed by atoms with E-state index in [1.165, 1.54) is 0 Å². The number of hydroxylamine groups is 1. The molecule has 10 heteroatoms. The van der Waals surface area contributed by atoms with Gasteiger partial charge in [-0.05, 0) is 24.3 Å². The molecule has 0 aliphatic rings. The third-order valence-electron chi connectivity index (χ3n) is 4.46. The molecule has 0 radical (unpaired) electrons. The topological polar surface area (TPSA) is 142 Å². The maximum Gasteiger partial charge on any atom is 0.247 e. The first-order chi connectivity index (χ1) is 14.1. The van der Waals surface area contributed by atoms with Gasteiger partial charge >= 0.3 is 0 Å². The summed E-state index contributed by atoms with van der Waals surface area (Å²) in [6.07, 6.45) is 5.04. The lowest BCUT2D eigenvalue weighted by Gasteiger charge is -2.28. The van der Waals surface area contributed by atoms with Crippen molar-refractivity contribution >= 4 is 27.9 Å². The number of hydrogen-bond donors (Lipinski definition) is 4. The van der Waals surface area contributed by atoms with Crippen LogP contribution in [-0.2, 0) is 19.6 Å². The van der Waals surface area contributed by atoms with Crippen molar-refractivity contribution in [2.45, 2.75) is 26.7 Å². The van der Waals surface area contributed by atoms with Gasteiger partial charge < -0.3 is 5.73 Å². The average molecular weight is 441 g/mol. The second-order valence-electron chi connectivity index (χ2n) is 7.47. The molecule has 5 N–H and O–H groups in total. The summed E-state index contributed by atoms with van der Waals surface area (Å²) in [6, 6.07) is 9.43. The van der Waals surface area contributed by atoms with Crippen molar-refractivity contribution < 1.29 is 23.2 Å². The number of hydrazine groups is 1. The predicted octanol–water partition coefficient (Wildman–Crippen LogP) is 1.13. The molecule has 1 rings (SSSR count). The average Bonchev–Trinajstić information content (AvgIpc) is 2.68. The van der Waals surface area contributed by atoms with Crippen LogP contribution in [0.25, 0.3) is 6.08 Å². The van der Waals surface area contributed by atoms with Crippen molar-refractivity contribution in [1.82, 2.24) is 15.3 Å². The number of carbonyl (C=O) groups is 2. The molecular weight excluding hydrogens is 408 g/mol. The van der Waals surface area contributed by atoms with Crippen molar-refractivity contribution in [2.75, 3.05) is 19.3 Å². The molecule has 2 atom stereocenters. The molecule has 168 valence electrons. The number of hydrogen-bond acceptors (Lipinski definition) is 6. The van der Waals surface area contributed by atoms with E-state index in [1.54, 1.807) is 11.6 Å². The normalized spacial score (nSPS) is 14.1. The molecule has 0 heterocycles. The monoisotopic (exact) mass is 440 g/mol. The number of carbonyl (C=O) groups excluding carboxylic acids is 2. The third kappa shape index (κ3) is 8.62. The van der Waals surface area contributed by atoms with Crippen molar-refractivity contribution in [2.24, 2.45) is 23.5 Å². The first kappa shape index (κ1) is 25.8. The summed E-state index contributed by atoms with van der Waals surface area (Å²) < 4.78 is 24.6. The molecule has 0 saturated heterocycles. The minimum atomic E-state index is -3.73. The van der Waals surface area contributed by atoms with Crippen LogP contribution in [0.3, 0.4) is 0 Å². The molecule has 1 aromatic carbocycles. The largest absolute Gasteiger partial charge is 0.329 e. The van der Waals surface area contributed by atoms with Gasteiger partial charge in [0.25, 0.3) is 0 Å². The molecular formula is C20H32N4O5S. The summed E-state index contributed by atoms with van der Waals surface area (Å²) in [6.45, 7) is 3.71. The van der Waals surface area contributed by atoms with E-state index in [9.17, 15) is 23.2 Å². The van der Waals surface area contributed by atoms with Crippen molar-refractivity contribution in [3.05, 3.63) is 42.0 Å². The second-order valence-corrected chi connectivity index (χ2v) is 9.37. The van der Waals surface area contributed by atoms with Gasteiger partial charge in [0.2, 0.25) is 21.8 Å². The fraction of sp³-hybridized carbons (Fsp3) is 0.500. The van der Waals surface area contributed by atoms with Gasteiger partial charge in [-0.25, -0.2) is 13.9 Å². The summed E-state index contributed by atoms with van der Waals surface area (Å²) >= 11 is 0. The summed E-state index contributed by atoms with van der Waals surface area (Å²) in [5.41, 5.74) is 10.4. The van der Waals surface area contributed by atoms with Gasteiger partial charge in [0.05, 0.1) is 18.1 Å². The highest BCUT2D eigenvalue weighted by Crippen LogP contribution is 2.25. The van der Waals surface area contributed by atoms with Gasteiger partial charge in [0.15, 0.2) is 0 Å². The summed E-state index contributed by atoms with van der Waals surface area (Å²) in [5, 5.41) is 9.20. The fourth-order valence-electron chi connectivity index (χ4n) is 3.04. The molecule has 9 nitrogen and oxygen atoms in total. The number of rotatable bonds is 12. The minimum absolute atomic E-state index is 0.0164. The lowest BCUT2D eigenvalue weighted by atomic mass is 9.82. The first-order valence-electron chi connectivity index (χ1n) is 9.74. The molecule has 1 aromatic rings. The van der Waals surface area contributed by atoms with E-state index in [0.29, 0.717) is 6.42 Å².